The van der Waals surface area contributed by atoms with Gasteiger partial charge >= 0.3 is 0 Å². The first-order chi connectivity index (χ1) is 9.20. The molecule has 0 fully saturated rings. The number of nitrogens with one attached hydrogen (secondary N) is 2. The Bertz CT molecular complexity index is 571. The number of rotatable bonds is 5. The van der Waals surface area contributed by atoms with Crippen molar-refractivity contribution in [3.8, 4) is 0 Å². The second-order valence-electron chi connectivity index (χ2n) is 4.73. The predicted octanol–water partition coefficient (Wildman–Crippen LogP) is 2.99. The lowest BCUT2D eigenvalue weighted by atomic mass is 10.1. The molecule has 0 aliphatic carbocycles. The van der Waals surface area contributed by atoms with Crippen LogP contribution in [-0.2, 0) is 0 Å². The van der Waals surface area contributed by atoms with E-state index in [2.05, 4.69) is 24.5 Å². The number of amides is 1. The maximum atomic E-state index is 12.1. The van der Waals surface area contributed by atoms with Gasteiger partial charge in [-0.1, -0.05) is 37.3 Å². The lowest BCUT2D eigenvalue weighted by molar-refractivity contribution is 0.0950. The molecule has 0 saturated heterocycles. The molecule has 1 amide bonds. The van der Waals surface area contributed by atoms with Crippen LogP contribution >= 0.6 is 12.4 Å². The van der Waals surface area contributed by atoms with Crippen LogP contribution in [0.2, 0.25) is 0 Å². The molecule has 2 N–H and O–H groups in total. The SMILES string of the molecule is CCN[C@H](C)CNC(=O)c1ccc2ccccc2c1.Cl. The highest BCUT2D eigenvalue weighted by atomic mass is 35.5. The summed E-state index contributed by atoms with van der Waals surface area (Å²) in [6.45, 7) is 5.67. The molecule has 0 heterocycles. The van der Waals surface area contributed by atoms with E-state index in [1.807, 2.05) is 42.5 Å². The first-order valence-corrected chi connectivity index (χ1v) is 6.71. The number of halogens is 1. The Morgan fingerprint density at radius 1 is 1.15 bits per heavy atom. The summed E-state index contributed by atoms with van der Waals surface area (Å²) in [4.78, 5) is 12.1. The summed E-state index contributed by atoms with van der Waals surface area (Å²) >= 11 is 0. The highest BCUT2D eigenvalue weighted by Gasteiger charge is 2.07. The summed E-state index contributed by atoms with van der Waals surface area (Å²) in [7, 11) is 0. The van der Waals surface area contributed by atoms with Crippen molar-refractivity contribution in [2.45, 2.75) is 19.9 Å². The van der Waals surface area contributed by atoms with E-state index in [0.717, 1.165) is 17.3 Å². The summed E-state index contributed by atoms with van der Waals surface area (Å²) < 4.78 is 0. The van der Waals surface area contributed by atoms with E-state index < -0.39 is 0 Å². The monoisotopic (exact) mass is 292 g/mol. The zero-order valence-electron chi connectivity index (χ0n) is 11.8. The molecular weight excluding hydrogens is 272 g/mol. The van der Waals surface area contributed by atoms with Crippen LogP contribution in [0.25, 0.3) is 10.8 Å². The summed E-state index contributed by atoms with van der Waals surface area (Å²) in [5.74, 6) is -0.0180. The Labute approximate surface area is 126 Å². The standard InChI is InChI=1S/C16H20N2O.ClH/c1-3-17-12(2)11-18-16(19)15-9-8-13-6-4-5-7-14(13)10-15;/h4-10,12,17H,3,11H2,1-2H3,(H,18,19);1H/t12-;/m1./s1. The highest BCUT2D eigenvalue weighted by molar-refractivity contribution is 5.98. The van der Waals surface area contributed by atoms with Gasteiger partial charge in [0, 0.05) is 18.2 Å². The number of fused-ring (bicyclic) bond motifs is 1. The summed E-state index contributed by atoms with van der Waals surface area (Å²) in [5, 5.41) is 8.46. The second kappa shape index (κ2) is 7.88. The normalized spacial score (nSPS) is 11.7. The third kappa shape index (κ3) is 4.22. The average Bonchev–Trinajstić information content (AvgIpc) is 2.44. The fraction of sp³-hybridized carbons (Fsp3) is 0.312. The molecule has 2 aromatic rings. The van der Waals surface area contributed by atoms with Crippen LogP contribution in [0.5, 0.6) is 0 Å². The quantitative estimate of drug-likeness (QED) is 0.889. The molecule has 0 unspecified atom stereocenters. The van der Waals surface area contributed by atoms with Gasteiger partial charge in [0.1, 0.15) is 0 Å². The molecule has 4 heteroatoms. The van der Waals surface area contributed by atoms with E-state index in [1.54, 1.807) is 0 Å². The summed E-state index contributed by atoms with van der Waals surface area (Å²) in [6, 6.07) is 14.1. The van der Waals surface area contributed by atoms with Crippen LogP contribution in [0.15, 0.2) is 42.5 Å². The first kappa shape index (κ1) is 16.5. The van der Waals surface area contributed by atoms with Gasteiger partial charge in [0.25, 0.3) is 5.91 Å². The maximum Gasteiger partial charge on any atom is 0.251 e. The third-order valence-corrected chi connectivity index (χ3v) is 3.13. The van der Waals surface area contributed by atoms with Crippen molar-refractivity contribution < 1.29 is 4.79 Å². The van der Waals surface area contributed by atoms with Crippen LogP contribution in [0.4, 0.5) is 0 Å². The van der Waals surface area contributed by atoms with Crippen molar-refractivity contribution >= 4 is 29.1 Å². The van der Waals surface area contributed by atoms with E-state index in [-0.39, 0.29) is 24.4 Å². The molecule has 0 spiro atoms. The minimum atomic E-state index is -0.0180. The van der Waals surface area contributed by atoms with E-state index in [4.69, 9.17) is 0 Å². The zero-order chi connectivity index (χ0) is 13.7. The molecular formula is C16H21ClN2O. The Hall–Kier alpha value is -1.58. The molecule has 3 nitrogen and oxygen atoms in total. The van der Waals surface area contributed by atoms with Crippen molar-refractivity contribution in [3.05, 3.63) is 48.0 Å². The molecule has 0 bridgehead atoms. The summed E-state index contributed by atoms with van der Waals surface area (Å²) in [5.41, 5.74) is 0.711. The zero-order valence-corrected chi connectivity index (χ0v) is 12.7. The maximum absolute atomic E-state index is 12.1. The molecule has 108 valence electrons. The predicted molar refractivity (Wildman–Crippen MR) is 86.7 cm³/mol. The topological polar surface area (TPSA) is 41.1 Å². The Balaban J connectivity index is 0.00000200. The Kier molecular flexibility index (Phi) is 6.49. The van der Waals surface area contributed by atoms with Crippen LogP contribution in [0.3, 0.4) is 0 Å². The Morgan fingerprint density at radius 3 is 2.55 bits per heavy atom. The van der Waals surface area contributed by atoms with Gasteiger partial charge in [-0.25, -0.2) is 0 Å². The lowest BCUT2D eigenvalue weighted by Crippen LogP contribution is -2.38. The van der Waals surface area contributed by atoms with Crippen molar-refractivity contribution in [2.24, 2.45) is 0 Å². The first-order valence-electron chi connectivity index (χ1n) is 6.71. The van der Waals surface area contributed by atoms with Crippen molar-refractivity contribution in [1.29, 1.82) is 0 Å². The number of likely N-dealkylation sites (N-methyl/N-ethyl adjacent to an activating group) is 1. The molecule has 0 aliphatic rings. The highest BCUT2D eigenvalue weighted by Crippen LogP contribution is 2.15. The van der Waals surface area contributed by atoms with Gasteiger partial charge in [-0.2, -0.15) is 0 Å². The number of carbonyl (C=O) groups is 1. The van der Waals surface area contributed by atoms with E-state index in [1.165, 1.54) is 0 Å². The number of benzene rings is 2. The molecule has 0 aliphatic heterocycles. The van der Waals surface area contributed by atoms with Crippen LogP contribution in [0.1, 0.15) is 24.2 Å². The van der Waals surface area contributed by atoms with Crippen LogP contribution in [-0.4, -0.2) is 25.0 Å². The van der Waals surface area contributed by atoms with E-state index >= 15 is 0 Å². The van der Waals surface area contributed by atoms with E-state index in [0.29, 0.717) is 12.1 Å². The molecule has 2 rings (SSSR count). The minimum absolute atomic E-state index is 0. The molecule has 1 atom stereocenters. The van der Waals surface area contributed by atoms with Crippen molar-refractivity contribution in [2.75, 3.05) is 13.1 Å². The smallest absolute Gasteiger partial charge is 0.251 e. The summed E-state index contributed by atoms with van der Waals surface area (Å²) in [6.07, 6.45) is 0. The van der Waals surface area contributed by atoms with Gasteiger partial charge in [0.2, 0.25) is 0 Å². The fourth-order valence-corrected chi connectivity index (χ4v) is 2.10. The largest absolute Gasteiger partial charge is 0.350 e. The van der Waals surface area contributed by atoms with Gasteiger partial charge in [-0.05, 0) is 36.4 Å². The molecule has 0 saturated carbocycles. The van der Waals surface area contributed by atoms with Gasteiger partial charge in [0.15, 0.2) is 0 Å². The van der Waals surface area contributed by atoms with E-state index in [9.17, 15) is 4.79 Å². The van der Waals surface area contributed by atoms with Crippen LogP contribution < -0.4 is 10.6 Å². The number of carbonyl (C=O) groups excluding carboxylic acids is 1. The second-order valence-corrected chi connectivity index (χ2v) is 4.73. The minimum Gasteiger partial charge on any atom is -0.350 e. The van der Waals surface area contributed by atoms with Crippen molar-refractivity contribution in [1.82, 2.24) is 10.6 Å². The Morgan fingerprint density at radius 2 is 1.85 bits per heavy atom. The average molecular weight is 293 g/mol. The fourth-order valence-electron chi connectivity index (χ4n) is 2.10. The molecule has 2 aromatic carbocycles. The van der Waals surface area contributed by atoms with Gasteiger partial charge in [-0.15, -0.1) is 12.4 Å². The van der Waals surface area contributed by atoms with Gasteiger partial charge < -0.3 is 10.6 Å². The van der Waals surface area contributed by atoms with Crippen LogP contribution in [0, 0.1) is 0 Å². The molecule has 0 aromatic heterocycles. The van der Waals surface area contributed by atoms with Gasteiger partial charge in [0.05, 0.1) is 0 Å². The van der Waals surface area contributed by atoms with Gasteiger partial charge in [-0.3, -0.25) is 4.79 Å². The lowest BCUT2D eigenvalue weighted by Gasteiger charge is -2.13. The third-order valence-electron chi connectivity index (χ3n) is 3.13. The number of hydrogen-bond donors (Lipinski definition) is 2. The molecule has 20 heavy (non-hydrogen) atoms. The molecule has 0 radical (unpaired) electrons. The number of hydrogen-bond acceptors (Lipinski definition) is 2. The van der Waals surface area contributed by atoms with Crippen molar-refractivity contribution in [3.63, 3.8) is 0 Å².